The van der Waals surface area contributed by atoms with Gasteiger partial charge in [0, 0.05) is 12.8 Å². The third-order valence-electron chi connectivity index (χ3n) is 10.4. The monoisotopic (exact) mass is 681 g/mol. The van der Waals surface area contributed by atoms with Crippen molar-refractivity contribution in [3.05, 3.63) is 0 Å². The number of nitrogens with zero attached hydrogens (tertiary/aromatic N) is 1. The number of nitrogens with one attached hydrogen (secondary N) is 3. The van der Waals surface area contributed by atoms with E-state index in [1.54, 1.807) is 0 Å². The molecule has 1 aliphatic heterocycles. The summed E-state index contributed by atoms with van der Waals surface area (Å²) in [6, 6.07) is -3.59. The van der Waals surface area contributed by atoms with Crippen LogP contribution < -0.4 is 21.7 Å². The summed E-state index contributed by atoms with van der Waals surface area (Å²) in [5, 5.41) is 8.67. The van der Waals surface area contributed by atoms with E-state index in [0.29, 0.717) is 25.7 Å². The maximum absolute atomic E-state index is 14.6. The summed E-state index contributed by atoms with van der Waals surface area (Å²) in [5.41, 5.74) is 3.85. The lowest BCUT2D eigenvalue weighted by Crippen LogP contribution is -2.63. The van der Waals surface area contributed by atoms with E-state index in [9.17, 15) is 32.4 Å². The van der Waals surface area contributed by atoms with Crippen molar-refractivity contribution in [2.24, 2.45) is 17.6 Å². The number of ketones is 1. The quantitative estimate of drug-likeness (QED) is 0.225. The molecule has 4 aliphatic rings. The minimum atomic E-state index is -3.40. The molecule has 3 atom stereocenters. The van der Waals surface area contributed by atoms with Gasteiger partial charge in [0.05, 0.1) is 29.5 Å². The zero-order valence-corrected chi connectivity index (χ0v) is 29.1. The fraction of sp³-hybridized carbons (Fsp3) is 0.848. The zero-order valence-electron chi connectivity index (χ0n) is 28.3. The van der Waals surface area contributed by atoms with Crippen LogP contribution in [0.3, 0.4) is 0 Å². The molecule has 14 heteroatoms. The number of primary amides is 1. The Labute approximate surface area is 279 Å². The first-order chi connectivity index (χ1) is 22.1. The first kappa shape index (κ1) is 37.1. The van der Waals surface area contributed by atoms with Crippen molar-refractivity contribution in [3.63, 3.8) is 0 Å². The van der Waals surface area contributed by atoms with E-state index < -0.39 is 68.6 Å². The second kappa shape index (κ2) is 15.7. The summed E-state index contributed by atoms with van der Waals surface area (Å²) in [7, 11) is -3.40. The highest BCUT2D eigenvalue weighted by molar-refractivity contribution is 7.90. The molecule has 1 saturated heterocycles. The van der Waals surface area contributed by atoms with Crippen LogP contribution in [0.5, 0.6) is 0 Å². The fourth-order valence-corrected chi connectivity index (χ4v) is 9.03. The van der Waals surface area contributed by atoms with E-state index in [0.717, 1.165) is 64.2 Å². The molecule has 47 heavy (non-hydrogen) atoms. The van der Waals surface area contributed by atoms with Crippen LogP contribution in [0.15, 0.2) is 0 Å². The molecule has 4 fully saturated rings. The number of sulfone groups is 1. The molecule has 0 radical (unpaired) electrons. The molecule has 0 aromatic rings. The average Bonchev–Trinajstić information content (AvgIpc) is 3.81. The fourth-order valence-electron chi connectivity index (χ4n) is 7.66. The molecule has 0 bridgehead atoms. The van der Waals surface area contributed by atoms with Gasteiger partial charge in [-0.15, -0.1) is 0 Å². The first-order valence-corrected chi connectivity index (χ1v) is 19.5. The summed E-state index contributed by atoms with van der Waals surface area (Å²) in [5.74, 6) is -3.07. The van der Waals surface area contributed by atoms with Crippen LogP contribution in [0.2, 0.25) is 0 Å². The van der Waals surface area contributed by atoms with Gasteiger partial charge >= 0.3 is 6.03 Å². The molecule has 13 nitrogen and oxygen atoms in total. The Bertz CT molecular complexity index is 1270. The van der Waals surface area contributed by atoms with Gasteiger partial charge in [-0.3, -0.25) is 19.2 Å². The highest BCUT2D eigenvalue weighted by atomic mass is 32.2. The smallest absolute Gasteiger partial charge is 0.315 e. The number of urea groups is 1. The van der Waals surface area contributed by atoms with Gasteiger partial charge < -0.3 is 31.3 Å². The van der Waals surface area contributed by atoms with Gasteiger partial charge in [0.25, 0.3) is 5.91 Å². The molecule has 4 rings (SSSR count). The molecule has 1 heterocycles. The van der Waals surface area contributed by atoms with E-state index in [2.05, 4.69) is 16.0 Å². The predicted octanol–water partition coefficient (Wildman–Crippen LogP) is 2.11. The standard InChI is InChI=1S/C33H55N5O8S/c1-32(2)17-14-25(29(41)35-24(20-22-12-13-22)27(39)28(34)40)38(18-19-46-32)30(42)26(23-10-6-4-7-11-23)36-31(43)37-33(21-47(3,44)45)15-8-5-9-16-33/h22-26H,4-21H2,1-3H3,(H2,34,40)(H,35,41)(H2,36,37,43)/t24?,25?,26-/m0/s1. The summed E-state index contributed by atoms with van der Waals surface area (Å²) < 4.78 is 30.8. The molecule has 0 aromatic heterocycles. The number of rotatable bonds is 12. The molecular weight excluding hydrogens is 626 g/mol. The zero-order chi connectivity index (χ0) is 34.4. The Hall–Kier alpha value is -2.74. The maximum atomic E-state index is 14.6. The summed E-state index contributed by atoms with van der Waals surface area (Å²) in [6.07, 6.45) is 11.8. The third kappa shape index (κ3) is 10.9. The van der Waals surface area contributed by atoms with Crippen molar-refractivity contribution in [2.45, 2.75) is 139 Å². The molecule has 3 aliphatic carbocycles. The predicted molar refractivity (Wildman–Crippen MR) is 176 cm³/mol. The molecule has 0 spiro atoms. The summed E-state index contributed by atoms with van der Waals surface area (Å²) in [6.45, 7) is 4.08. The van der Waals surface area contributed by atoms with Crippen molar-refractivity contribution in [2.75, 3.05) is 25.2 Å². The van der Waals surface area contributed by atoms with Crippen molar-refractivity contribution in [1.82, 2.24) is 20.9 Å². The maximum Gasteiger partial charge on any atom is 0.315 e. The number of hydrogen-bond donors (Lipinski definition) is 4. The Morgan fingerprint density at radius 1 is 0.894 bits per heavy atom. The first-order valence-electron chi connectivity index (χ1n) is 17.4. The number of amides is 5. The van der Waals surface area contributed by atoms with Crippen LogP contribution in [0.4, 0.5) is 4.79 Å². The number of hydrogen-bond acceptors (Lipinski definition) is 8. The number of carbonyl (C=O) groups excluding carboxylic acids is 5. The van der Waals surface area contributed by atoms with Gasteiger partial charge in [0.15, 0.2) is 0 Å². The van der Waals surface area contributed by atoms with Gasteiger partial charge in [-0.2, -0.15) is 0 Å². The molecule has 3 saturated carbocycles. The SMILES string of the molecule is CC1(C)CCC(C(=O)NC(CC2CC2)C(=O)C(N)=O)N(C(=O)[C@@H](NC(=O)NC2(CS(C)(=O)=O)CCCCC2)C2CCCCC2)CCO1. The lowest BCUT2D eigenvalue weighted by Gasteiger charge is -2.42. The van der Waals surface area contributed by atoms with Gasteiger partial charge in [-0.05, 0) is 70.6 Å². The van der Waals surface area contributed by atoms with Gasteiger partial charge in [-0.25, -0.2) is 13.2 Å². The Balaban J connectivity index is 1.60. The topological polar surface area (TPSA) is 194 Å². The minimum absolute atomic E-state index is 0.0853. The van der Waals surface area contributed by atoms with Crippen molar-refractivity contribution >= 4 is 39.4 Å². The lowest BCUT2D eigenvalue weighted by atomic mass is 9.82. The minimum Gasteiger partial charge on any atom is -0.374 e. The average molecular weight is 682 g/mol. The van der Waals surface area contributed by atoms with Crippen molar-refractivity contribution in [3.8, 4) is 0 Å². The lowest BCUT2D eigenvalue weighted by molar-refractivity contribution is -0.149. The molecule has 0 aromatic carbocycles. The normalized spacial score (nSPS) is 24.9. The van der Waals surface area contributed by atoms with Gasteiger partial charge in [0.2, 0.25) is 17.6 Å². The Morgan fingerprint density at radius 3 is 2.13 bits per heavy atom. The largest absolute Gasteiger partial charge is 0.374 e. The molecular formula is C33H55N5O8S. The highest BCUT2D eigenvalue weighted by Crippen LogP contribution is 2.34. The van der Waals surface area contributed by atoms with Crippen LogP contribution in [0.25, 0.3) is 0 Å². The molecule has 5 amide bonds. The number of nitrogens with two attached hydrogens (primary N) is 1. The van der Waals surface area contributed by atoms with E-state index >= 15 is 0 Å². The van der Waals surface area contributed by atoms with Crippen molar-refractivity contribution < 1.29 is 37.1 Å². The second-order valence-electron chi connectivity index (χ2n) is 15.0. The van der Waals surface area contributed by atoms with E-state index in [1.165, 1.54) is 11.2 Å². The second-order valence-corrected chi connectivity index (χ2v) is 17.2. The Kier molecular flexibility index (Phi) is 12.3. The van der Waals surface area contributed by atoms with E-state index in [4.69, 9.17) is 10.5 Å². The Morgan fingerprint density at radius 2 is 1.53 bits per heavy atom. The van der Waals surface area contributed by atoms with Crippen LogP contribution in [-0.4, -0.2) is 97.3 Å². The summed E-state index contributed by atoms with van der Waals surface area (Å²) >= 11 is 0. The molecule has 5 N–H and O–H groups in total. The van der Waals surface area contributed by atoms with E-state index in [-0.39, 0.29) is 37.2 Å². The molecule has 2 unspecified atom stereocenters. The number of Topliss-reactive ketones (excluding diaryl/α,β-unsaturated/α-hetero) is 1. The molecule has 266 valence electrons. The van der Waals surface area contributed by atoms with Gasteiger partial charge in [-0.1, -0.05) is 51.4 Å². The summed E-state index contributed by atoms with van der Waals surface area (Å²) in [4.78, 5) is 68.3. The number of ether oxygens (including phenoxy) is 1. The number of carbonyl (C=O) groups is 5. The van der Waals surface area contributed by atoms with E-state index in [1.807, 2.05) is 13.8 Å². The highest BCUT2D eigenvalue weighted by Gasteiger charge is 2.43. The van der Waals surface area contributed by atoms with Crippen LogP contribution in [-0.2, 0) is 33.8 Å². The van der Waals surface area contributed by atoms with Crippen molar-refractivity contribution in [1.29, 1.82) is 0 Å². The third-order valence-corrected chi connectivity index (χ3v) is 11.4. The van der Waals surface area contributed by atoms with Crippen LogP contribution >= 0.6 is 0 Å². The van der Waals surface area contributed by atoms with Crippen LogP contribution in [0.1, 0.15) is 110 Å². The van der Waals surface area contributed by atoms with Crippen LogP contribution in [0, 0.1) is 11.8 Å². The van der Waals surface area contributed by atoms with Gasteiger partial charge in [0.1, 0.15) is 21.9 Å².